The van der Waals surface area contributed by atoms with Gasteiger partial charge in [-0.2, -0.15) is 0 Å². The molecule has 0 spiro atoms. The number of ether oxygens (including phenoxy) is 2. The third kappa shape index (κ3) is 1.90. The highest BCUT2D eigenvalue weighted by Gasteiger charge is 2.63. The van der Waals surface area contributed by atoms with Crippen LogP contribution >= 0.6 is 0 Å². The normalized spacial score (nSPS) is 38.2. The van der Waals surface area contributed by atoms with Crippen molar-refractivity contribution in [2.75, 3.05) is 14.2 Å². The van der Waals surface area contributed by atoms with Gasteiger partial charge in [-0.25, -0.2) is 0 Å². The number of allylic oxidation sites excluding steroid dienone is 3. The average molecular weight is 290 g/mol. The van der Waals surface area contributed by atoms with Crippen LogP contribution < -0.4 is 0 Å². The van der Waals surface area contributed by atoms with Gasteiger partial charge in [-0.05, 0) is 39.0 Å². The van der Waals surface area contributed by atoms with E-state index in [2.05, 4.69) is 26.0 Å². The van der Waals surface area contributed by atoms with E-state index >= 15 is 0 Å². The molecule has 0 aromatic carbocycles. The van der Waals surface area contributed by atoms with E-state index in [1.165, 1.54) is 24.0 Å². The smallest absolute Gasteiger partial charge is 0.235 e. The van der Waals surface area contributed by atoms with Gasteiger partial charge >= 0.3 is 0 Å². The van der Waals surface area contributed by atoms with E-state index in [1.807, 2.05) is 0 Å². The van der Waals surface area contributed by atoms with Crippen molar-refractivity contribution in [2.45, 2.75) is 51.7 Å². The van der Waals surface area contributed by atoms with Gasteiger partial charge in [-0.1, -0.05) is 30.2 Å². The molecule has 4 rings (SSSR count). The molecule has 1 saturated carbocycles. The quantitative estimate of drug-likeness (QED) is 0.588. The summed E-state index contributed by atoms with van der Waals surface area (Å²) in [6.07, 6.45) is 10.3. The van der Waals surface area contributed by atoms with Crippen LogP contribution in [0, 0.1) is 17.3 Å². The van der Waals surface area contributed by atoms with Crippen molar-refractivity contribution < 1.29 is 14.3 Å². The van der Waals surface area contributed by atoms with E-state index in [9.17, 15) is 4.79 Å². The molecule has 2 bridgehead atoms. The number of carbonyl (C=O) groups is 1. The van der Waals surface area contributed by atoms with Gasteiger partial charge in [0, 0.05) is 25.6 Å². The minimum atomic E-state index is -1.07. The number of methoxy groups -OCH3 is 2. The summed E-state index contributed by atoms with van der Waals surface area (Å²) in [6, 6.07) is 0. The van der Waals surface area contributed by atoms with Gasteiger partial charge in [0.2, 0.25) is 5.79 Å². The van der Waals surface area contributed by atoms with E-state index in [4.69, 9.17) is 9.47 Å². The van der Waals surface area contributed by atoms with Crippen molar-refractivity contribution in [3.05, 3.63) is 23.3 Å². The van der Waals surface area contributed by atoms with Crippen LogP contribution in [0.1, 0.15) is 46.0 Å². The minimum Gasteiger partial charge on any atom is -0.347 e. The Hall–Kier alpha value is -0.930. The maximum absolute atomic E-state index is 13.1. The molecule has 0 heterocycles. The Bertz CT molecular complexity index is 513. The molecule has 3 atom stereocenters. The SMILES string of the molecule is COC1(OC)C(=O)[C@@H]2C=C(C)[C@H]1C[C@@]2(C)C1=CCCCC1. The zero-order chi connectivity index (χ0) is 15.3. The Morgan fingerprint density at radius 1 is 1.24 bits per heavy atom. The van der Waals surface area contributed by atoms with Crippen molar-refractivity contribution in [3.63, 3.8) is 0 Å². The number of hydrogen-bond donors (Lipinski definition) is 0. The number of rotatable bonds is 3. The highest BCUT2D eigenvalue weighted by molar-refractivity contribution is 5.94. The van der Waals surface area contributed by atoms with E-state index in [0.29, 0.717) is 0 Å². The zero-order valence-corrected chi connectivity index (χ0v) is 13.6. The molecule has 4 aliphatic carbocycles. The summed E-state index contributed by atoms with van der Waals surface area (Å²) in [5.41, 5.74) is 2.65. The third-order valence-electron chi connectivity index (χ3n) is 6.01. The van der Waals surface area contributed by atoms with Crippen molar-refractivity contribution in [1.29, 1.82) is 0 Å². The first-order valence-corrected chi connectivity index (χ1v) is 8.02. The summed E-state index contributed by atoms with van der Waals surface area (Å²) in [6.45, 7) is 4.36. The van der Waals surface area contributed by atoms with Gasteiger partial charge in [0.05, 0.1) is 5.92 Å². The lowest BCUT2D eigenvalue weighted by atomic mass is 9.51. The largest absolute Gasteiger partial charge is 0.347 e. The van der Waals surface area contributed by atoms with Crippen molar-refractivity contribution >= 4 is 5.78 Å². The molecule has 0 aliphatic heterocycles. The molecular weight excluding hydrogens is 264 g/mol. The summed E-state index contributed by atoms with van der Waals surface area (Å²) in [7, 11) is 3.18. The van der Waals surface area contributed by atoms with Crippen LogP contribution in [0.15, 0.2) is 23.3 Å². The van der Waals surface area contributed by atoms with Crippen molar-refractivity contribution in [1.82, 2.24) is 0 Å². The monoisotopic (exact) mass is 290 g/mol. The molecule has 3 heteroatoms. The van der Waals surface area contributed by atoms with E-state index in [1.54, 1.807) is 14.2 Å². The zero-order valence-electron chi connectivity index (χ0n) is 13.6. The molecular formula is C18H26O3. The van der Waals surface area contributed by atoms with Crippen LogP contribution in [0.4, 0.5) is 0 Å². The van der Waals surface area contributed by atoms with Crippen LogP contribution in [-0.4, -0.2) is 25.8 Å². The summed E-state index contributed by atoms with van der Waals surface area (Å²) in [5, 5.41) is 0. The number of hydrogen-bond acceptors (Lipinski definition) is 3. The summed E-state index contributed by atoms with van der Waals surface area (Å²) < 4.78 is 11.2. The lowest BCUT2D eigenvalue weighted by Gasteiger charge is -2.56. The molecule has 0 N–H and O–H groups in total. The second kappa shape index (κ2) is 5.06. The fourth-order valence-electron chi connectivity index (χ4n) is 4.72. The predicted molar refractivity (Wildman–Crippen MR) is 81.8 cm³/mol. The molecule has 0 aromatic rings. The van der Waals surface area contributed by atoms with E-state index in [-0.39, 0.29) is 23.0 Å². The fraction of sp³-hybridized carbons (Fsp3) is 0.722. The number of ketones is 1. The highest BCUT2D eigenvalue weighted by Crippen LogP contribution is 2.58. The standard InChI is InChI=1S/C18H26O3/c1-12-10-14-16(19)18(20-3,21-4)15(12)11-17(14,2)13-8-6-5-7-9-13/h8,10,14-15H,5-7,9,11H2,1-4H3/t14-,15+,17-/m0/s1. The highest BCUT2D eigenvalue weighted by atomic mass is 16.7. The topological polar surface area (TPSA) is 35.5 Å². The van der Waals surface area contributed by atoms with Gasteiger partial charge in [0.15, 0.2) is 5.78 Å². The van der Waals surface area contributed by atoms with Crippen LogP contribution in [0.2, 0.25) is 0 Å². The lowest BCUT2D eigenvalue weighted by molar-refractivity contribution is -0.245. The molecule has 116 valence electrons. The van der Waals surface area contributed by atoms with E-state index < -0.39 is 5.79 Å². The Labute approximate surface area is 127 Å². The Morgan fingerprint density at radius 2 is 1.95 bits per heavy atom. The molecule has 0 radical (unpaired) electrons. The Balaban J connectivity index is 2.05. The van der Waals surface area contributed by atoms with Crippen LogP contribution in [0.25, 0.3) is 0 Å². The molecule has 0 saturated heterocycles. The Kier molecular flexibility index (Phi) is 3.61. The Morgan fingerprint density at radius 3 is 2.52 bits per heavy atom. The van der Waals surface area contributed by atoms with Gasteiger partial charge in [-0.3, -0.25) is 4.79 Å². The first kappa shape index (κ1) is 15.0. The van der Waals surface area contributed by atoms with E-state index in [0.717, 1.165) is 19.3 Å². The first-order valence-electron chi connectivity index (χ1n) is 8.02. The molecule has 3 nitrogen and oxygen atoms in total. The summed E-state index contributed by atoms with van der Waals surface area (Å²) >= 11 is 0. The molecule has 21 heavy (non-hydrogen) atoms. The maximum Gasteiger partial charge on any atom is 0.235 e. The minimum absolute atomic E-state index is 0.0258. The van der Waals surface area contributed by atoms with Gasteiger partial charge in [-0.15, -0.1) is 0 Å². The maximum atomic E-state index is 13.1. The van der Waals surface area contributed by atoms with Crippen LogP contribution in [0.5, 0.6) is 0 Å². The molecule has 1 fully saturated rings. The van der Waals surface area contributed by atoms with Gasteiger partial charge in [0.1, 0.15) is 0 Å². The number of Topliss-reactive ketones (excluding diaryl/α,β-unsaturated/α-hetero) is 1. The number of carbonyl (C=O) groups excluding carboxylic acids is 1. The first-order chi connectivity index (χ1) is 9.99. The predicted octanol–water partition coefficient (Wildman–Crippen LogP) is 3.65. The fourth-order valence-corrected chi connectivity index (χ4v) is 4.72. The van der Waals surface area contributed by atoms with Gasteiger partial charge in [0.25, 0.3) is 0 Å². The van der Waals surface area contributed by atoms with Crippen molar-refractivity contribution in [3.8, 4) is 0 Å². The second-order valence-corrected chi connectivity index (χ2v) is 6.98. The number of fused-ring (bicyclic) bond motifs is 2. The summed E-state index contributed by atoms with van der Waals surface area (Å²) in [5.74, 6) is -1.06. The molecule has 0 aromatic heterocycles. The lowest BCUT2D eigenvalue weighted by Crippen LogP contribution is -2.63. The van der Waals surface area contributed by atoms with Crippen LogP contribution in [-0.2, 0) is 14.3 Å². The molecule has 4 aliphatic rings. The van der Waals surface area contributed by atoms with Crippen LogP contribution in [0.3, 0.4) is 0 Å². The molecule has 0 unspecified atom stereocenters. The summed E-state index contributed by atoms with van der Waals surface area (Å²) in [4.78, 5) is 13.1. The van der Waals surface area contributed by atoms with Crippen molar-refractivity contribution in [2.24, 2.45) is 17.3 Å². The van der Waals surface area contributed by atoms with Gasteiger partial charge < -0.3 is 9.47 Å². The second-order valence-electron chi connectivity index (χ2n) is 6.98. The third-order valence-corrected chi connectivity index (χ3v) is 6.01. The molecule has 0 amide bonds. The average Bonchev–Trinajstić information content (AvgIpc) is 2.51.